The number of hydrogen-bond acceptors (Lipinski definition) is 3. The van der Waals surface area contributed by atoms with Crippen LogP contribution < -0.4 is 11.1 Å². The molecule has 0 saturated heterocycles. The second kappa shape index (κ2) is 5.11. The second-order valence-electron chi connectivity index (χ2n) is 3.86. The van der Waals surface area contributed by atoms with Gasteiger partial charge >= 0.3 is 0 Å². The summed E-state index contributed by atoms with van der Waals surface area (Å²) in [5.74, 6) is -0.769. The van der Waals surface area contributed by atoms with Gasteiger partial charge in [0.25, 0.3) is 11.8 Å². The Morgan fingerprint density at radius 1 is 1.32 bits per heavy atom. The summed E-state index contributed by atoms with van der Waals surface area (Å²) >= 11 is 5.74. The lowest BCUT2D eigenvalue weighted by Crippen LogP contribution is -2.19. The number of amides is 2. The number of rotatable bonds is 3. The Bertz CT molecular complexity index is 634. The van der Waals surface area contributed by atoms with Gasteiger partial charge in [0.05, 0.1) is 6.20 Å². The summed E-state index contributed by atoms with van der Waals surface area (Å²) in [5, 5.41) is 7.01. The lowest BCUT2D eigenvalue weighted by molar-refractivity contribution is 0.100. The van der Waals surface area contributed by atoms with Gasteiger partial charge in [0, 0.05) is 17.6 Å². The molecule has 1 heterocycles. The predicted octanol–water partition coefficient (Wildman–Crippen LogP) is 1.42. The molecule has 0 unspecified atom stereocenters. The average Bonchev–Trinajstić information content (AvgIpc) is 2.72. The summed E-state index contributed by atoms with van der Waals surface area (Å²) in [6, 6.07) is 6.37. The SMILES string of the molecule is Cn1ncc(C(N)=O)c1NC(=O)c1ccc(Cl)cc1. The second-order valence-corrected chi connectivity index (χ2v) is 4.29. The quantitative estimate of drug-likeness (QED) is 0.890. The van der Waals surface area contributed by atoms with Crippen molar-refractivity contribution in [1.82, 2.24) is 9.78 Å². The van der Waals surface area contributed by atoms with Crippen molar-refractivity contribution in [3.05, 3.63) is 46.6 Å². The standard InChI is InChI=1S/C12H11ClN4O2/c1-17-11(9(6-15-17)10(14)18)16-12(19)7-2-4-8(13)5-3-7/h2-6H,1H3,(H2,14,18)(H,16,19). The first-order chi connectivity index (χ1) is 8.99. The predicted molar refractivity (Wildman–Crippen MR) is 71.1 cm³/mol. The van der Waals surface area contributed by atoms with Crippen LogP contribution in [0.4, 0.5) is 5.82 Å². The lowest BCUT2D eigenvalue weighted by atomic mass is 10.2. The number of nitrogens with one attached hydrogen (secondary N) is 1. The van der Waals surface area contributed by atoms with E-state index in [0.29, 0.717) is 10.6 Å². The van der Waals surface area contributed by atoms with Crippen LogP contribution in [0.2, 0.25) is 5.02 Å². The summed E-state index contributed by atoms with van der Waals surface area (Å²) in [4.78, 5) is 23.2. The van der Waals surface area contributed by atoms with Gasteiger partial charge in [0.2, 0.25) is 0 Å². The summed E-state index contributed by atoms with van der Waals surface area (Å²) in [6.07, 6.45) is 1.31. The van der Waals surface area contributed by atoms with Crippen molar-refractivity contribution in [2.75, 3.05) is 5.32 Å². The Balaban J connectivity index is 2.26. The molecule has 2 aromatic rings. The number of aryl methyl sites for hydroxylation is 1. The number of aromatic nitrogens is 2. The number of hydrogen-bond donors (Lipinski definition) is 2. The van der Waals surface area contributed by atoms with Crippen LogP contribution in [0.5, 0.6) is 0 Å². The number of carbonyl (C=O) groups is 2. The minimum atomic E-state index is -0.653. The smallest absolute Gasteiger partial charge is 0.256 e. The van der Waals surface area contributed by atoms with E-state index in [0.717, 1.165) is 0 Å². The monoisotopic (exact) mass is 278 g/mol. The van der Waals surface area contributed by atoms with Crippen LogP contribution in [0.3, 0.4) is 0 Å². The minimum absolute atomic E-state index is 0.157. The van der Waals surface area contributed by atoms with Gasteiger partial charge in [-0.1, -0.05) is 11.6 Å². The van der Waals surface area contributed by atoms with Crippen LogP contribution in [-0.4, -0.2) is 21.6 Å². The zero-order valence-electron chi connectivity index (χ0n) is 10.1. The van der Waals surface area contributed by atoms with E-state index >= 15 is 0 Å². The summed E-state index contributed by atoms with van der Waals surface area (Å²) in [5.41, 5.74) is 5.78. The fraction of sp³-hybridized carbons (Fsp3) is 0.0833. The average molecular weight is 279 g/mol. The molecule has 1 aromatic heterocycles. The Labute approximate surface area is 114 Å². The maximum atomic E-state index is 12.0. The maximum absolute atomic E-state index is 12.0. The molecule has 2 rings (SSSR count). The van der Waals surface area contributed by atoms with Crippen LogP contribution >= 0.6 is 11.6 Å². The molecule has 98 valence electrons. The van der Waals surface area contributed by atoms with Crippen molar-refractivity contribution in [3.8, 4) is 0 Å². The molecule has 3 N–H and O–H groups in total. The van der Waals surface area contributed by atoms with E-state index < -0.39 is 5.91 Å². The normalized spacial score (nSPS) is 10.2. The number of nitrogens with two attached hydrogens (primary N) is 1. The van der Waals surface area contributed by atoms with Crippen LogP contribution in [0, 0.1) is 0 Å². The summed E-state index contributed by atoms with van der Waals surface area (Å²) in [6.45, 7) is 0. The van der Waals surface area contributed by atoms with E-state index in [-0.39, 0.29) is 17.3 Å². The van der Waals surface area contributed by atoms with Crippen LogP contribution in [0.15, 0.2) is 30.5 Å². The highest BCUT2D eigenvalue weighted by atomic mass is 35.5. The number of primary amides is 1. The number of benzene rings is 1. The van der Waals surface area contributed by atoms with Crippen molar-refractivity contribution in [3.63, 3.8) is 0 Å². The van der Waals surface area contributed by atoms with Crippen LogP contribution in [0.1, 0.15) is 20.7 Å². The highest BCUT2D eigenvalue weighted by Crippen LogP contribution is 2.16. The van der Waals surface area contributed by atoms with Crippen molar-refractivity contribution in [1.29, 1.82) is 0 Å². The highest BCUT2D eigenvalue weighted by molar-refractivity contribution is 6.30. The topological polar surface area (TPSA) is 90.0 Å². The van der Waals surface area contributed by atoms with E-state index in [1.807, 2.05) is 0 Å². The number of halogens is 1. The molecule has 0 aliphatic rings. The molecule has 0 bridgehead atoms. The molecule has 0 spiro atoms. The number of carbonyl (C=O) groups excluding carboxylic acids is 2. The lowest BCUT2D eigenvalue weighted by Gasteiger charge is -2.07. The summed E-state index contributed by atoms with van der Waals surface area (Å²) < 4.78 is 1.37. The molecule has 0 aliphatic carbocycles. The highest BCUT2D eigenvalue weighted by Gasteiger charge is 2.16. The Kier molecular flexibility index (Phi) is 3.52. The van der Waals surface area contributed by atoms with Gasteiger partial charge in [0.1, 0.15) is 11.4 Å². The summed E-state index contributed by atoms with van der Waals surface area (Å²) in [7, 11) is 1.60. The number of nitrogens with zero attached hydrogens (tertiary/aromatic N) is 2. The van der Waals surface area contributed by atoms with E-state index in [4.69, 9.17) is 17.3 Å². The third kappa shape index (κ3) is 2.74. The van der Waals surface area contributed by atoms with Crippen LogP contribution in [0.25, 0.3) is 0 Å². The first kappa shape index (κ1) is 13.1. The molecule has 19 heavy (non-hydrogen) atoms. The molecular weight excluding hydrogens is 268 g/mol. The molecule has 0 saturated carbocycles. The zero-order chi connectivity index (χ0) is 14.0. The Morgan fingerprint density at radius 3 is 2.53 bits per heavy atom. The molecule has 0 aliphatic heterocycles. The fourth-order valence-corrected chi connectivity index (χ4v) is 1.67. The number of anilines is 1. The van der Waals surface area contributed by atoms with E-state index in [9.17, 15) is 9.59 Å². The Morgan fingerprint density at radius 2 is 1.95 bits per heavy atom. The van der Waals surface area contributed by atoms with Gasteiger partial charge in [-0.3, -0.25) is 14.3 Å². The van der Waals surface area contributed by atoms with Gasteiger partial charge in [-0.2, -0.15) is 5.10 Å². The minimum Gasteiger partial charge on any atom is -0.365 e. The molecular formula is C12H11ClN4O2. The molecule has 0 radical (unpaired) electrons. The fourth-order valence-electron chi connectivity index (χ4n) is 1.55. The van der Waals surface area contributed by atoms with E-state index in [1.54, 1.807) is 31.3 Å². The van der Waals surface area contributed by atoms with Gasteiger partial charge in [0.15, 0.2) is 0 Å². The van der Waals surface area contributed by atoms with Crippen molar-refractivity contribution >= 4 is 29.2 Å². The van der Waals surface area contributed by atoms with E-state index in [2.05, 4.69) is 10.4 Å². The molecule has 0 atom stereocenters. The van der Waals surface area contributed by atoms with E-state index in [1.165, 1.54) is 10.9 Å². The molecule has 6 nitrogen and oxygen atoms in total. The van der Waals surface area contributed by atoms with Crippen LogP contribution in [-0.2, 0) is 7.05 Å². The van der Waals surface area contributed by atoms with Gasteiger partial charge in [-0.15, -0.1) is 0 Å². The third-order valence-corrected chi connectivity index (χ3v) is 2.79. The van der Waals surface area contributed by atoms with Gasteiger partial charge < -0.3 is 11.1 Å². The third-order valence-electron chi connectivity index (χ3n) is 2.54. The van der Waals surface area contributed by atoms with Gasteiger partial charge in [-0.25, -0.2) is 0 Å². The maximum Gasteiger partial charge on any atom is 0.256 e. The molecule has 1 aromatic carbocycles. The largest absolute Gasteiger partial charge is 0.365 e. The first-order valence-electron chi connectivity index (χ1n) is 5.37. The van der Waals surface area contributed by atoms with Gasteiger partial charge in [-0.05, 0) is 24.3 Å². The van der Waals surface area contributed by atoms with Crippen molar-refractivity contribution < 1.29 is 9.59 Å². The Hall–Kier alpha value is -2.34. The van der Waals surface area contributed by atoms with Crippen molar-refractivity contribution in [2.45, 2.75) is 0 Å². The first-order valence-corrected chi connectivity index (χ1v) is 5.75. The molecule has 2 amide bonds. The molecule has 0 fully saturated rings. The molecule has 7 heteroatoms. The van der Waals surface area contributed by atoms with Crippen molar-refractivity contribution in [2.24, 2.45) is 12.8 Å². The zero-order valence-corrected chi connectivity index (χ0v) is 10.8.